The number of hydrogen-bond donors (Lipinski definition) is 0. The molecule has 0 amide bonds. The summed E-state index contributed by atoms with van der Waals surface area (Å²) in [6.07, 6.45) is 16.7. The zero-order valence-corrected chi connectivity index (χ0v) is 21.3. The molecule has 3 saturated carbocycles. The van der Waals surface area contributed by atoms with Crippen LogP contribution >= 0.6 is 11.6 Å². The van der Waals surface area contributed by atoms with Crippen LogP contribution in [0.25, 0.3) is 0 Å². The maximum atomic E-state index is 11.2. The summed E-state index contributed by atoms with van der Waals surface area (Å²) in [5.74, 6) is 5.19. The van der Waals surface area contributed by atoms with E-state index in [2.05, 4.69) is 40.7 Å². The van der Waals surface area contributed by atoms with Crippen molar-refractivity contribution in [1.29, 1.82) is 0 Å². The van der Waals surface area contributed by atoms with Crippen molar-refractivity contribution in [1.82, 2.24) is 0 Å². The molecule has 0 bridgehead atoms. The van der Waals surface area contributed by atoms with Crippen LogP contribution in [0, 0.1) is 46.3 Å². The fraction of sp³-hybridized carbons (Fsp3) is 0.893. The van der Waals surface area contributed by atoms with Crippen LogP contribution in [0.2, 0.25) is 0 Å². The van der Waals surface area contributed by atoms with Crippen molar-refractivity contribution in [2.75, 3.05) is 0 Å². The van der Waals surface area contributed by atoms with E-state index in [1.165, 1.54) is 51.4 Å². The van der Waals surface area contributed by atoms with Crippen molar-refractivity contribution in [2.45, 2.75) is 111 Å². The van der Waals surface area contributed by atoms with Gasteiger partial charge in [-0.25, -0.2) is 4.79 Å². The Bertz CT molecular complexity index is 699. The van der Waals surface area contributed by atoms with Crippen LogP contribution in [-0.4, -0.2) is 11.5 Å². The molecule has 0 aliphatic heterocycles. The minimum Gasteiger partial charge on any atom is -0.450 e. The first-order valence-electron chi connectivity index (χ1n) is 13.2. The molecule has 8 atom stereocenters. The van der Waals surface area contributed by atoms with Crippen LogP contribution in [0.4, 0.5) is 4.79 Å². The Hall–Kier alpha value is -0.500. The van der Waals surface area contributed by atoms with Crippen LogP contribution < -0.4 is 0 Å². The van der Waals surface area contributed by atoms with E-state index >= 15 is 0 Å². The SMILES string of the molecule is CC(C)CCCC(C)[C@H]1CC[C@H]2C3CC=C4CC(OC(=O)Cl)CCC4(C)[C@H]3CCC12C. The lowest BCUT2D eigenvalue weighted by molar-refractivity contribution is -0.0573. The summed E-state index contributed by atoms with van der Waals surface area (Å²) in [5.41, 5.74) is 1.77. The third-order valence-corrected chi connectivity index (χ3v) is 10.6. The van der Waals surface area contributed by atoms with Gasteiger partial charge in [0.25, 0.3) is 0 Å². The standard InChI is InChI=1S/C28H45ClO2/c1-18(2)7-6-8-19(3)23-11-12-24-22-10-9-20-17-21(31-26(29)30)13-15-27(20,4)25(22)14-16-28(23,24)5/h9,18-19,21-25H,6-8,10-17H2,1-5H3/t19?,21?,22?,23-,24+,25+,27?,28?/m1/s1. The normalized spacial score (nSPS) is 42.9. The second-order valence-electron chi connectivity index (χ2n) is 12.5. The number of allylic oxidation sites excluding steroid dienone is 1. The zero-order valence-electron chi connectivity index (χ0n) is 20.6. The van der Waals surface area contributed by atoms with Gasteiger partial charge in [0.15, 0.2) is 0 Å². The van der Waals surface area contributed by atoms with Crippen LogP contribution in [0.5, 0.6) is 0 Å². The zero-order chi connectivity index (χ0) is 22.4. The number of fused-ring (bicyclic) bond motifs is 5. The number of carbonyl (C=O) groups excluding carboxylic acids is 1. The Morgan fingerprint density at radius 3 is 2.58 bits per heavy atom. The fourth-order valence-electron chi connectivity index (χ4n) is 8.88. The smallest absolute Gasteiger partial charge is 0.404 e. The highest BCUT2D eigenvalue weighted by molar-refractivity contribution is 6.61. The molecule has 0 radical (unpaired) electrons. The molecule has 3 heteroatoms. The first-order valence-corrected chi connectivity index (χ1v) is 13.6. The van der Waals surface area contributed by atoms with Crippen molar-refractivity contribution in [2.24, 2.45) is 46.3 Å². The van der Waals surface area contributed by atoms with E-state index in [0.717, 1.165) is 54.8 Å². The molecule has 176 valence electrons. The van der Waals surface area contributed by atoms with Gasteiger partial charge in [-0.05, 0) is 91.3 Å². The van der Waals surface area contributed by atoms with E-state index in [1.54, 1.807) is 5.57 Å². The lowest BCUT2D eigenvalue weighted by atomic mass is 9.47. The summed E-state index contributed by atoms with van der Waals surface area (Å²) < 4.78 is 5.38. The maximum absolute atomic E-state index is 11.2. The van der Waals surface area contributed by atoms with Gasteiger partial charge in [0.05, 0.1) is 0 Å². The average molecular weight is 449 g/mol. The summed E-state index contributed by atoms with van der Waals surface area (Å²) >= 11 is 5.51. The lowest BCUT2D eigenvalue weighted by Gasteiger charge is -2.58. The van der Waals surface area contributed by atoms with Gasteiger partial charge in [-0.3, -0.25) is 0 Å². The van der Waals surface area contributed by atoms with Crippen molar-refractivity contribution in [3.8, 4) is 0 Å². The monoisotopic (exact) mass is 448 g/mol. The second kappa shape index (κ2) is 9.03. The molecule has 4 aliphatic rings. The quantitative estimate of drug-likeness (QED) is 0.299. The molecule has 0 saturated heterocycles. The van der Waals surface area contributed by atoms with Crippen molar-refractivity contribution in [3.63, 3.8) is 0 Å². The van der Waals surface area contributed by atoms with Gasteiger partial charge < -0.3 is 4.74 Å². The third-order valence-electron chi connectivity index (χ3n) is 10.5. The molecule has 4 aliphatic carbocycles. The van der Waals surface area contributed by atoms with Crippen LogP contribution in [0.3, 0.4) is 0 Å². The van der Waals surface area contributed by atoms with Crippen LogP contribution in [0.1, 0.15) is 105 Å². The van der Waals surface area contributed by atoms with Gasteiger partial charge in [-0.1, -0.05) is 65.5 Å². The van der Waals surface area contributed by atoms with Crippen LogP contribution in [0.15, 0.2) is 11.6 Å². The third kappa shape index (κ3) is 4.36. The molecule has 3 fully saturated rings. The van der Waals surface area contributed by atoms with Gasteiger partial charge >= 0.3 is 5.43 Å². The molecule has 4 rings (SSSR count). The number of ether oxygens (including phenoxy) is 1. The molecule has 0 heterocycles. The Balaban J connectivity index is 1.47. The average Bonchev–Trinajstić information content (AvgIpc) is 3.05. The Kier molecular flexibility index (Phi) is 6.89. The van der Waals surface area contributed by atoms with E-state index in [0.29, 0.717) is 10.8 Å². The summed E-state index contributed by atoms with van der Waals surface area (Å²) in [6, 6.07) is 0. The summed E-state index contributed by atoms with van der Waals surface area (Å²) in [5, 5.41) is 0. The molecule has 0 aromatic rings. The minimum atomic E-state index is -0.643. The van der Waals surface area contributed by atoms with Gasteiger partial charge in [0.1, 0.15) is 6.10 Å². The van der Waals surface area contributed by atoms with E-state index in [9.17, 15) is 4.79 Å². The molecule has 2 nitrogen and oxygen atoms in total. The highest BCUT2D eigenvalue weighted by atomic mass is 35.5. The first kappa shape index (κ1) is 23.7. The molecule has 0 aromatic heterocycles. The predicted octanol–water partition coefficient (Wildman–Crippen LogP) is 8.77. The number of hydrogen-bond acceptors (Lipinski definition) is 2. The van der Waals surface area contributed by atoms with Crippen molar-refractivity contribution in [3.05, 3.63) is 11.6 Å². The van der Waals surface area contributed by atoms with Gasteiger partial charge in [0.2, 0.25) is 0 Å². The molecule has 0 aromatic carbocycles. The topological polar surface area (TPSA) is 26.3 Å². The van der Waals surface area contributed by atoms with E-state index in [-0.39, 0.29) is 6.10 Å². The van der Waals surface area contributed by atoms with Gasteiger partial charge in [0, 0.05) is 18.0 Å². The van der Waals surface area contributed by atoms with Crippen molar-refractivity contribution < 1.29 is 9.53 Å². The lowest BCUT2D eigenvalue weighted by Crippen LogP contribution is -2.51. The molecular weight excluding hydrogens is 404 g/mol. The molecule has 31 heavy (non-hydrogen) atoms. The van der Waals surface area contributed by atoms with Gasteiger partial charge in [-0.15, -0.1) is 0 Å². The number of halogens is 1. The highest BCUT2D eigenvalue weighted by Crippen LogP contribution is 2.67. The molecule has 0 spiro atoms. The largest absolute Gasteiger partial charge is 0.450 e. The Morgan fingerprint density at radius 2 is 1.87 bits per heavy atom. The van der Waals surface area contributed by atoms with E-state index in [4.69, 9.17) is 16.3 Å². The van der Waals surface area contributed by atoms with E-state index < -0.39 is 5.43 Å². The van der Waals surface area contributed by atoms with E-state index in [1.807, 2.05) is 0 Å². The Labute approximate surface area is 195 Å². The number of carbonyl (C=O) groups is 1. The molecule has 0 N–H and O–H groups in total. The fourth-order valence-corrected chi connectivity index (χ4v) is 9.01. The summed E-state index contributed by atoms with van der Waals surface area (Å²) in [6.45, 7) is 12.5. The molecule has 5 unspecified atom stereocenters. The number of rotatable bonds is 6. The first-order chi connectivity index (χ1) is 14.6. The highest BCUT2D eigenvalue weighted by Gasteiger charge is 2.59. The summed E-state index contributed by atoms with van der Waals surface area (Å²) in [4.78, 5) is 11.2. The summed E-state index contributed by atoms with van der Waals surface area (Å²) in [7, 11) is 0. The van der Waals surface area contributed by atoms with Gasteiger partial charge in [-0.2, -0.15) is 0 Å². The van der Waals surface area contributed by atoms with Crippen LogP contribution in [-0.2, 0) is 4.74 Å². The van der Waals surface area contributed by atoms with Crippen molar-refractivity contribution >= 4 is 17.0 Å². The second-order valence-corrected chi connectivity index (χ2v) is 12.8. The maximum Gasteiger partial charge on any atom is 0.404 e. The predicted molar refractivity (Wildman–Crippen MR) is 129 cm³/mol. The Morgan fingerprint density at radius 1 is 1.10 bits per heavy atom. The molecular formula is C28H45ClO2. The minimum absolute atomic E-state index is 0.0164.